The Kier molecular flexibility index (Phi) is 5.54. The Hall–Kier alpha value is -2.76. The Morgan fingerprint density at radius 1 is 1.19 bits per heavy atom. The van der Waals surface area contributed by atoms with Crippen LogP contribution in [0, 0.1) is 11.3 Å². The molecule has 0 bridgehead atoms. The minimum Gasteiger partial charge on any atom is -0.492 e. The summed E-state index contributed by atoms with van der Waals surface area (Å²) < 4.78 is 43.1. The molecule has 1 heterocycles. The van der Waals surface area contributed by atoms with Crippen molar-refractivity contribution in [3.8, 4) is 23.3 Å². The number of nitriles is 1. The summed E-state index contributed by atoms with van der Waals surface area (Å²) in [7, 11) is -2.27. The highest BCUT2D eigenvalue weighted by Crippen LogP contribution is 2.33. The van der Waals surface area contributed by atoms with Gasteiger partial charge in [0.1, 0.15) is 11.8 Å². The molecular formula is C19H20N2O5S. The first-order chi connectivity index (χ1) is 13.0. The topological polar surface area (TPSA) is 88.9 Å². The van der Waals surface area contributed by atoms with E-state index in [0.717, 1.165) is 12.0 Å². The quantitative estimate of drug-likeness (QED) is 0.725. The first kappa shape index (κ1) is 19.0. The Balaban J connectivity index is 1.81. The lowest BCUT2D eigenvalue weighted by Crippen LogP contribution is -2.26. The van der Waals surface area contributed by atoms with Crippen LogP contribution in [-0.4, -0.2) is 33.2 Å². The van der Waals surface area contributed by atoms with Crippen LogP contribution < -0.4 is 14.2 Å². The van der Waals surface area contributed by atoms with Gasteiger partial charge in [-0.15, -0.1) is 0 Å². The van der Waals surface area contributed by atoms with Crippen LogP contribution in [0.15, 0.2) is 41.3 Å². The van der Waals surface area contributed by atoms with E-state index in [9.17, 15) is 13.7 Å². The zero-order valence-electron chi connectivity index (χ0n) is 15.1. The van der Waals surface area contributed by atoms with Crippen molar-refractivity contribution in [2.24, 2.45) is 0 Å². The van der Waals surface area contributed by atoms with E-state index in [2.05, 4.69) is 0 Å². The van der Waals surface area contributed by atoms with Crippen LogP contribution in [0.4, 0.5) is 0 Å². The maximum atomic E-state index is 12.9. The van der Waals surface area contributed by atoms with Gasteiger partial charge in [-0.3, -0.25) is 0 Å². The van der Waals surface area contributed by atoms with Crippen LogP contribution in [0.25, 0.3) is 0 Å². The summed E-state index contributed by atoms with van der Waals surface area (Å²) in [6.07, 6.45) is 0.795. The van der Waals surface area contributed by atoms with Crippen molar-refractivity contribution in [2.75, 3.05) is 20.4 Å². The Labute approximate surface area is 158 Å². The van der Waals surface area contributed by atoms with Crippen LogP contribution in [0.3, 0.4) is 0 Å². The van der Waals surface area contributed by atoms with E-state index in [1.54, 1.807) is 18.2 Å². The standard InChI is InChI=1S/C19H20N2O5S/c1-3-8-24-17-7-5-16(10-15(17)11-20)27(22,23)21(2)12-14-4-6-18-19(9-14)26-13-25-18/h4-7,9-10H,3,8,12-13H2,1-2H3. The third kappa shape index (κ3) is 3.99. The average Bonchev–Trinajstić information content (AvgIpc) is 3.13. The van der Waals surface area contributed by atoms with Gasteiger partial charge in [0.05, 0.1) is 17.1 Å². The summed E-state index contributed by atoms with van der Waals surface area (Å²) in [6, 6.07) is 11.6. The molecule has 2 aromatic rings. The van der Waals surface area contributed by atoms with Gasteiger partial charge in [0.15, 0.2) is 11.5 Å². The van der Waals surface area contributed by atoms with Crippen molar-refractivity contribution in [3.63, 3.8) is 0 Å². The minimum absolute atomic E-state index is 0.0474. The highest BCUT2D eigenvalue weighted by atomic mass is 32.2. The van der Waals surface area contributed by atoms with Gasteiger partial charge in [0.2, 0.25) is 16.8 Å². The van der Waals surface area contributed by atoms with Crippen LogP contribution in [0.2, 0.25) is 0 Å². The predicted molar refractivity (Wildman–Crippen MR) is 98.2 cm³/mol. The van der Waals surface area contributed by atoms with E-state index in [1.165, 1.54) is 29.6 Å². The van der Waals surface area contributed by atoms with E-state index < -0.39 is 10.0 Å². The van der Waals surface area contributed by atoms with Crippen molar-refractivity contribution in [1.82, 2.24) is 4.31 Å². The number of benzene rings is 2. The molecule has 0 unspecified atom stereocenters. The Bertz CT molecular complexity index is 982. The second-order valence-electron chi connectivity index (χ2n) is 6.07. The normalized spacial score (nSPS) is 12.8. The van der Waals surface area contributed by atoms with E-state index in [4.69, 9.17) is 14.2 Å². The molecule has 1 aliphatic rings. The van der Waals surface area contributed by atoms with Gasteiger partial charge in [-0.25, -0.2) is 8.42 Å². The van der Waals surface area contributed by atoms with Crippen LogP contribution >= 0.6 is 0 Å². The molecule has 0 aromatic heterocycles. The Morgan fingerprint density at radius 2 is 1.96 bits per heavy atom. The summed E-state index contributed by atoms with van der Waals surface area (Å²) in [6.45, 7) is 2.74. The van der Waals surface area contributed by atoms with Crippen molar-refractivity contribution >= 4 is 10.0 Å². The fourth-order valence-corrected chi connectivity index (χ4v) is 3.84. The fourth-order valence-electron chi connectivity index (χ4n) is 2.66. The van der Waals surface area contributed by atoms with Gasteiger partial charge < -0.3 is 14.2 Å². The first-order valence-electron chi connectivity index (χ1n) is 8.47. The lowest BCUT2D eigenvalue weighted by atomic mass is 10.2. The van der Waals surface area contributed by atoms with Gasteiger partial charge in [-0.2, -0.15) is 9.57 Å². The highest BCUT2D eigenvalue weighted by Gasteiger charge is 2.23. The van der Waals surface area contributed by atoms with E-state index in [0.29, 0.717) is 23.9 Å². The smallest absolute Gasteiger partial charge is 0.243 e. The molecule has 27 heavy (non-hydrogen) atoms. The van der Waals surface area contributed by atoms with E-state index in [-0.39, 0.29) is 23.8 Å². The monoisotopic (exact) mass is 388 g/mol. The number of ether oxygens (including phenoxy) is 3. The lowest BCUT2D eigenvalue weighted by molar-refractivity contribution is 0.174. The van der Waals surface area contributed by atoms with Crippen LogP contribution in [0.5, 0.6) is 17.2 Å². The molecular weight excluding hydrogens is 368 g/mol. The molecule has 8 heteroatoms. The molecule has 0 N–H and O–H groups in total. The number of hydrogen-bond donors (Lipinski definition) is 0. The average molecular weight is 388 g/mol. The van der Waals surface area contributed by atoms with Gasteiger partial charge in [0, 0.05) is 13.6 Å². The van der Waals surface area contributed by atoms with Gasteiger partial charge in [0.25, 0.3) is 0 Å². The van der Waals surface area contributed by atoms with Crippen LogP contribution in [0.1, 0.15) is 24.5 Å². The summed E-state index contributed by atoms with van der Waals surface area (Å²) in [5.74, 6) is 1.63. The molecule has 3 rings (SSSR count). The number of sulfonamides is 1. The summed E-state index contributed by atoms with van der Waals surface area (Å²) >= 11 is 0. The minimum atomic E-state index is -3.77. The number of hydrogen-bond acceptors (Lipinski definition) is 6. The number of nitrogens with zero attached hydrogens (tertiary/aromatic N) is 2. The molecule has 0 fully saturated rings. The fraction of sp³-hybridized carbons (Fsp3) is 0.316. The second-order valence-corrected chi connectivity index (χ2v) is 8.11. The largest absolute Gasteiger partial charge is 0.492 e. The first-order valence-corrected chi connectivity index (χ1v) is 9.91. The van der Waals surface area contributed by atoms with Crippen molar-refractivity contribution in [2.45, 2.75) is 24.8 Å². The maximum Gasteiger partial charge on any atom is 0.243 e. The highest BCUT2D eigenvalue weighted by molar-refractivity contribution is 7.89. The molecule has 0 saturated carbocycles. The lowest BCUT2D eigenvalue weighted by Gasteiger charge is -2.18. The van der Waals surface area contributed by atoms with Gasteiger partial charge >= 0.3 is 0 Å². The third-order valence-corrected chi connectivity index (χ3v) is 5.88. The maximum absolute atomic E-state index is 12.9. The van der Waals surface area contributed by atoms with Gasteiger partial charge in [-0.1, -0.05) is 13.0 Å². The predicted octanol–water partition coefficient (Wildman–Crippen LogP) is 2.90. The van der Waals surface area contributed by atoms with Gasteiger partial charge in [-0.05, 0) is 42.3 Å². The van der Waals surface area contributed by atoms with E-state index >= 15 is 0 Å². The molecule has 2 aromatic carbocycles. The molecule has 7 nitrogen and oxygen atoms in total. The molecule has 1 aliphatic heterocycles. The number of rotatable bonds is 7. The third-order valence-electron chi connectivity index (χ3n) is 4.08. The molecule has 0 atom stereocenters. The molecule has 0 amide bonds. The summed E-state index contributed by atoms with van der Waals surface area (Å²) in [5, 5.41) is 9.31. The molecule has 0 aliphatic carbocycles. The molecule has 0 spiro atoms. The molecule has 0 saturated heterocycles. The summed E-state index contributed by atoms with van der Waals surface area (Å²) in [4.78, 5) is 0.0474. The van der Waals surface area contributed by atoms with Crippen molar-refractivity contribution in [1.29, 1.82) is 5.26 Å². The molecule has 142 valence electrons. The van der Waals surface area contributed by atoms with Crippen molar-refractivity contribution < 1.29 is 22.6 Å². The SMILES string of the molecule is CCCOc1ccc(S(=O)(=O)N(C)Cc2ccc3c(c2)OCO3)cc1C#N. The van der Waals surface area contributed by atoms with Crippen molar-refractivity contribution in [3.05, 3.63) is 47.5 Å². The Morgan fingerprint density at radius 3 is 2.70 bits per heavy atom. The zero-order chi connectivity index (χ0) is 19.4. The second kappa shape index (κ2) is 7.86. The summed E-state index contributed by atoms with van der Waals surface area (Å²) in [5.41, 5.74) is 0.967. The molecule has 0 radical (unpaired) electrons. The zero-order valence-corrected chi connectivity index (χ0v) is 16.0. The van der Waals surface area contributed by atoms with E-state index in [1.807, 2.05) is 13.0 Å². The number of fused-ring (bicyclic) bond motifs is 1. The van der Waals surface area contributed by atoms with Crippen LogP contribution in [-0.2, 0) is 16.6 Å².